The van der Waals surface area contributed by atoms with Gasteiger partial charge in [-0.2, -0.15) is 5.26 Å². The van der Waals surface area contributed by atoms with Gasteiger partial charge in [0, 0.05) is 18.4 Å². The van der Waals surface area contributed by atoms with Crippen LogP contribution in [0.15, 0.2) is 12.3 Å². The van der Waals surface area contributed by atoms with E-state index in [1.807, 2.05) is 6.20 Å². The highest BCUT2D eigenvalue weighted by molar-refractivity contribution is 5.70. The molecule has 0 saturated heterocycles. The number of hydrogen-bond donors (Lipinski definition) is 1. The van der Waals surface area contributed by atoms with E-state index in [-0.39, 0.29) is 0 Å². The molecule has 1 heterocycles. The monoisotopic (exact) mass is 253 g/mol. The van der Waals surface area contributed by atoms with Gasteiger partial charge in [-0.3, -0.25) is 0 Å². The number of nitrogens with zero attached hydrogens (tertiary/aromatic N) is 2. The Bertz CT molecular complexity index is 618. The van der Waals surface area contributed by atoms with E-state index in [1.165, 1.54) is 27.8 Å². The maximum atomic E-state index is 8.62. The second kappa shape index (κ2) is 5.27. The van der Waals surface area contributed by atoms with Crippen molar-refractivity contribution in [2.75, 3.05) is 0 Å². The van der Waals surface area contributed by atoms with E-state index in [9.17, 15) is 0 Å². The van der Waals surface area contributed by atoms with Crippen molar-refractivity contribution in [2.45, 2.75) is 40.5 Å². The Morgan fingerprint density at radius 1 is 1.16 bits per heavy atom. The van der Waals surface area contributed by atoms with E-state index in [1.54, 1.807) is 0 Å². The third-order valence-corrected chi connectivity index (χ3v) is 3.74. The van der Waals surface area contributed by atoms with Gasteiger partial charge in [-0.05, 0) is 49.9 Å². The lowest BCUT2D eigenvalue weighted by Gasteiger charge is -2.13. The number of nitriles is 1. The molecule has 0 aliphatic rings. The molecule has 98 valence electrons. The van der Waals surface area contributed by atoms with Crippen LogP contribution in [-0.4, -0.2) is 9.97 Å². The predicted molar refractivity (Wildman–Crippen MR) is 76.9 cm³/mol. The van der Waals surface area contributed by atoms with Crippen LogP contribution < -0.4 is 0 Å². The fourth-order valence-corrected chi connectivity index (χ4v) is 2.41. The first-order valence-electron chi connectivity index (χ1n) is 6.53. The van der Waals surface area contributed by atoms with Gasteiger partial charge < -0.3 is 4.98 Å². The molecule has 1 aromatic heterocycles. The van der Waals surface area contributed by atoms with Crippen molar-refractivity contribution < 1.29 is 0 Å². The number of aryl methyl sites for hydroxylation is 3. The van der Waals surface area contributed by atoms with Crippen LogP contribution in [0.3, 0.4) is 0 Å². The number of imidazole rings is 1. The Morgan fingerprint density at radius 3 is 2.37 bits per heavy atom. The van der Waals surface area contributed by atoms with Crippen molar-refractivity contribution in [3.63, 3.8) is 0 Å². The minimum absolute atomic E-state index is 0.498. The molecule has 0 saturated carbocycles. The van der Waals surface area contributed by atoms with Gasteiger partial charge in [-0.25, -0.2) is 4.98 Å². The smallest absolute Gasteiger partial charge is 0.107 e. The molecule has 0 radical (unpaired) electrons. The zero-order valence-electron chi connectivity index (χ0n) is 12.0. The van der Waals surface area contributed by atoms with Gasteiger partial charge in [-0.1, -0.05) is 6.07 Å². The van der Waals surface area contributed by atoms with Crippen LogP contribution in [0.25, 0.3) is 11.3 Å². The molecule has 1 aromatic carbocycles. The molecular formula is C16H19N3. The first kappa shape index (κ1) is 13.4. The van der Waals surface area contributed by atoms with Crippen LogP contribution in [0.1, 0.15) is 34.5 Å². The molecule has 0 atom stereocenters. The summed E-state index contributed by atoms with van der Waals surface area (Å²) in [5.41, 5.74) is 7.47. The van der Waals surface area contributed by atoms with Gasteiger partial charge in [0.05, 0.1) is 18.0 Å². The van der Waals surface area contributed by atoms with Crippen molar-refractivity contribution in [3.8, 4) is 17.3 Å². The lowest BCUT2D eigenvalue weighted by Crippen LogP contribution is -1.95. The van der Waals surface area contributed by atoms with E-state index in [4.69, 9.17) is 5.26 Å². The standard InChI is InChI=1S/C16H19N3/c1-10-8-11(2)13(4)16(12(10)3)14-9-18-15(19-14)6-5-7-17/h8-9H,5-6H2,1-4H3,(H,18,19). The molecule has 0 spiro atoms. The Labute approximate surface area is 114 Å². The zero-order chi connectivity index (χ0) is 14.0. The van der Waals surface area contributed by atoms with E-state index in [0.717, 1.165) is 11.5 Å². The minimum Gasteiger partial charge on any atom is -0.342 e. The normalized spacial score (nSPS) is 10.5. The summed E-state index contributed by atoms with van der Waals surface area (Å²) in [4.78, 5) is 7.70. The first-order chi connectivity index (χ1) is 9.04. The summed E-state index contributed by atoms with van der Waals surface area (Å²) in [6, 6.07) is 4.37. The van der Waals surface area contributed by atoms with Gasteiger partial charge in [0.15, 0.2) is 0 Å². The number of aromatic nitrogens is 2. The fraction of sp³-hybridized carbons (Fsp3) is 0.375. The van der Waals surface area contributed by atoms with Crippen molar-refractivity contribution in [1.82, 2.24) is 9.97 Å². The summed E-state index contributed by atoms with van der Waals surface area (Å²) in [6.07, 6.45) is 3.05. The van der Waals surface area contributed by atoms with Gasteiger partial charge in [0.2, 0.25) is 0 Å². The summed E-state index contributed by atoms with van der Waals surface area (Å²) < 4.78 is 0. The third kappa shape index (κ3) is 2.53. The highest BCUT2D eigenvalue weighted by Crippen LogP contribution is 2.30. The van der Waals surface area contributed by atoms with E-state index in [2.05, 4.69) is 49.8 Å². The van der Waals surface area contributed by atoms with Gasteiger partial charge in [-0.15, -0.1) is 0 Å². The average molecular weight is 253 g/mol. The van der Waals surface area contributed by atoms with Crippen LogP contribution in [0.4, 0.5) is 0 Å². The van der Waals surface area contributed by atoms with Crippen molar-refractivity contribution >= 4 is 0 Å². The number of benzene rings is 1. The number of nitrogens with one attached hydrogen (secondary N) is 1. The molecule has 2 rings (SSSR count). The maximum absolute atomic E-state index is 8.62. The SMILES string of the molecule is Cc1cc(C)c(C)c(-c2cnc(CCC#N)[nH]2)c1C. The largest absolute Gasteiger partial charge is 0.342 e. The highest BCUT2D eigenvalue weighted by Gasteiger charge is 2.12. The number of aromatic amines is 1. The fourth-order valence-electron chi connectivity index (χ4n) is 2.41. The van der Waals surface area contributed by atoms with Gasteiger partial charge in [0.25, 0.3) is 0 Å². The second-order valence-electron chi connectivity index (χ2n) is 5.04. The molecule has 3 nitrogen and oxygen atoms in total. The molecule has 19 heavy (non-hydrogen) atoms. The Balaban J connectivity index is 2.47. The Kier molecular flexibility index (Phi) is 3.71. The van der Waals surface area contributed by atoms with Crippen molar-refractivity contribution in [1.29, 1.82) is 5.26 Å². The lowest BCUT2D eigenvalue weighted by molar-refractivity contribution is 0.918. The average Bonchev–Trinajstić information content (AvgIpc) is 2.83. The molecule has 0 fully saturated rings. The quantitative estimate of drug-likeness (QED) is 0.905. The Hall–Kier alpha value is -2.08. The molecule has 2 aromatic rings. The first-order valence-corrected chi connectivity index (χ1v) is 6.53. The predicted octanol–water partition coefficient (Wildman–Crippen LogP) is 3.77. The van der Waals surface area contributed by atoms with Crippen molar-refractivity contribution in [2.24, 2.45) is 0 Å². The van der Waals surface area contributed by atoms with Crippen LogP contribution in [0, 0.1) is 39.0 Å². The lowest BCUT2D eigenvalue weighted by atomic mass is 9.93. The Morgan fingerprint density at radius 2 is 1.79 bits per heavy atom. The molecule has 0 unspecified atom stereocenters. The van der Waals surface area contributed by atoms with Crippen molar-refractivity contribution in [3.05, 3.63) is 40.3 Å². The van der Waals surface area contributed by atoms with E-state index in [0.29, 0.717) is 12.8 Å². The summed E-state index contributed by atoms with van der Waals surface area (Å²) in [7, 11) is 0. The topological polar surface area (TPSA) is 52.5 Å². The second-order valence-corrected chi connectivity index (χ2v) is 5.04. The van der Waals surface area contributed by atoms with Gasteiger partial charge in [0.1, 0.15) is 5.82 Å². The third-order valence-electron chi connectivity index (χ3n) is 3.74. The molecule has 0 aliphatic heterocycles. The number of hydrogen-bond acceptors (Lipinski definition) is 2. The molecule has 0 amide bonds. The zero-order valence-corrected chi connectivity index (χ0v) is 12.0. The summed E-state index contributed by atoms with van der Waals surface area (Å²) >= 11 is 0. The minimum atomic E-state index is 0.498. The highest BCUT2D eigenvalue weighted by atomic mass is 14.9. The van der Waals surface area contributed by atoms with E-state index >= 15 is 0 Å². The maximum Gasteiger partial charge on any atom is 0.107 e. The molecule has 1 N–H and O–H groups in total. The van der Waals surface area contributed by atoms with Crippen LogP contribution in [0.5, 0.6) is 0 Å². The molecule has 0 bridgehead atoms. The summed E-state index contributed by atoms with van der Waals surface area (Å²) in [5.74, 6) is 0.884. The van der Waals surface area contributed by atoms with Crippen LogP contribution in [-0.2, 0) is 6.42 Å². The molecule has 0 aliphatic carbocycles. The van der Waals surface area contributed by atoms with Crippen LogP contribution >= 0.6 is 0 Å². The van der Waals surface area contributed by atoms with Gasteiger partial charge >= 0.3 is 0 Å². The molecular weight excluding hydrogens is 234 g/mol. The summed E-state index contributed by atoms with van der Waals surface area (Å²) in [5, 5.41) is 8.62. The summed E-state index contributed by atoms with van der Waals surface area (Å²) in [6.45, 7) is 8.57. The van der Waals surface area contributed by atoms with E-state index < -0.39 is 0 Å². The molecule has 3 heteroatoms. The van der Waals surface area contributed by atoms with Crippen LogP contribution in [0.2, 0.25) is 0 Å². The number of rotatable bonds is 3. The number of H-pyrrole nitrogens is 1.